The standard InChI is InChI=1S/C25H19Cl2NO3S2/c1-15-6-3-4-8-20(15)28-24(29)22(33-25(28)32)12-16-7-5-9-21(30-2)23(16)31-14-17-10-11-18(26)13-19(17)27/h3-13H,14H2,1-2H3/b22-12+. The van der Waals surface area contributed by atoms with Gasteiger partial charge in [0.05, 0.1) is 17.7 Å². The molecule has 0 atom stereocenters. The molecule has 8 heteroatoms. The summed E-state index contributed by atoms with van der Waals surface area (Å²) in [4.78, 5) is 15.3. The lowest BCUT2D eigenvalue weighted by Crippen LogP contribution is -2.28. The smallest absolute Gasteiger partial charge is 0.270 e. The van der Waals surface area contributed by atoms with Crippen molar-refractivity contribution in [3.8, 4) is 11.5 Å². The lowest BCUT2D eigenvalue weighted by Gasteiger charge is -2.17. The van der Waals surface area contributed by atoms with Crippen LogP contribution >= 0.6 is 47.2 Å². The van der Waals surface area contributed by atoms with Crippen LogP contribution in [-0.2, 0) is 11.4 Å². The summed E-state index contributed by atoms with van der Waals surface area (Å²) < 4.78 is 12.1. The number of thioether (sulfide) groups is 1. The van der Waals surface area contributed by atoms with Crippen molar-refractivity contribution in [3.63, 3.8) is 0 Å². The normalized spacial score (nSPS) is 14.8. The molecule has 3 aromatic carbocycles. The molecule has 0 spiro atoms. The van der Waals surface area contributed by atoms with Gasteiger partial charge in [-0.25, -0.2) is 0 Å². The highest BCUT2D eigenvalue weighted by Crippen LogP contribution is 2.40. The highest BCUT2D eigenvalue weighted by Gasteiger charge is 2.34. The molecule has 0 saturated carbocycles. The average Bonchev–Trinajstić information content (AvgIpc) is 3.06. The van der Waals surface area contributed by atoms with Crippen molar-refractivity contribution < 1.29 is 14.3 Å². The molecule has 0 unspecified atom stereocenters. The largest absolute Gasteiger partial charge is 0.493 e. The van der Waals surface area contributed by atoms with E-state index >= 15 is 0 Å². The molecule has 0 bridgehead atoms. The number of anilines is 1. The molecule has 4 rings (SSSR count). The van der Waals surface area contributed by atoms with Crippen LogP contribution in [0.5, 0.6) is 11.5 Å². The molecule has 3 aromatic rings. The number of carbonyl (C=O) groups is 1. The van der Waals surface area contributed by atoms with Crippen molar-refractivity contribution in [2.24, 2.45) is 0 Å². The molecule has 0 aromatic heterocycles. The zero-order valence-electron chi connectivity index (χ0n) is 17.8. The van der Waals surface area contributed by atoms with Gasteiger partial charge in [0, 0.05) is 21.2 Å². The van der Waals surface area contributed by atoms with E-state index in [0.29, 0.717) is 36.3 Å². The minimum absolute atomic E-state index is 0.172. The van der Waals surface area contributed by atoms with E-state index in [1.165, 1.54) is 11.8 Å². The van der Waals surface area contributed by atoms with Crippen molar-refractivity contribution in [1.82, 2.24) is 0 Å². The summed E-state index contributed by atoms with van der Waals surface area (Å²) in [6, 6.07) is 18.4. The van der Waals surface area contributed by atoms with Gasteiger partial charge in [0.1, 0.15) is 6.61 Å². The number of rotatable bonds is 6. The number of amides is 1. The molecule has 0 radical (unpaired) electrons. The van der Waals surface area contributed by atoms with Crippen molar-refractivity contribution in [3.05, 3.63) is 92.3 Å². The highest BCUT2D eigenvalue weighted by atomic mass is 35.5. The minimum Gasteiger partial charge on any atom is -0.493 e. The number of halogens is 2. The minimum atomic E-state index is -0.172. The van der Waals surface area contributed by atoms with Crippen LogP contribution in [0, 0.1) is 6.92 Å². The number of hydrogen-bond acceptors (Lipinski definition) is 5. The maximum atomic E-state index is 13.2. The zero-order chi connectivity index (χ0) is 23.5. The van der Waals surface area contributed by atoms with Crippen LogP contribution < -0.4 is 14.4 Å². The number of aryl methyl sites for hydroxylation is 1. The van der Waals surface area contributed by atoms with Gasteiger partial charge < -0.3 is 9.47 Å². The molecule has 1 fully saturated rings. The Bertz CT molecular complexity index is 1280. The number of hydrogen-bond donors (Lipinski definition) is 0. The van der Waals surface area contributed by atoms with E-state index in [2.05, 4.69) is 0 Å². The Morgan fingerprint density at radius 2 is 1.88 bits per heavy atom. The second kappa shape index (κ2) is 10.2. The average molecular weight is 516 g/mol. The predicted octanol–water partition coefficient (Wildman–Crippen LogP) is 7.30. The highest BCUT2D eigenvalue weighted by molar-refractivity contribution is 8.27. The maximum absolute atomic E-state index is 13.2. The zero-order valence-corrected chi connectivity index (χ0v) is 20.9. The number of para-hydroxylation sites is 2. The fraction of sp³-hybridized carbons (Fsp3) is 0.120. The van der Waals surface area contributed by atoms with Gasteiger partial charge >= 0.3 is 0 Å². The molecule has 0 N–H and O–H groups in total. The fourth-order valence-electron chi connectivity index (χ4n) is 3.38. The molecule has 1 saturated heterocycles. The fourth-order valence-corrected chi connectivity index (χ4v) is 5.12. The first-order valence-corrected chi connectivity index (χ1v) is 11.9. The van der Waals surface area contributed by atoms with E-state index in [4.69, 9.17) is 44.9 Å². The molecule has 168 valence electrons. The van der Waals surface area contributed by atoms with Crippen LogP contribution in [0.15, 0.2) is 65.6 Å². The van der Waals surface area contributed by atoms with Gasteiger partial charge in [-0.05, 0) is 42.8 Å². The number of nitrogens with zero attached hydrogens (tertiary/aromatic N) is 1. The van der Waals surface area contributed by atoms with Gasteiger partial charge in [-0.15, -0.1) is 0 Å². The lowest BCUT2D eigenvalue weighted by atomic mass is 10.1. The van der Waals surface area contributed by atoms with Gasteiger partial charge in [-0.2, -0.15) is 0 Å². The van der Waals surface area contributed by atoms with Crippen molar-refractivity contribution >= 4 is 69.2 Å². The van der Waals surface area contributed by atoms with Crippen LogP contribution in [0.2, 0.25) is 10.0 Å². The maximum Gasteiger partial charge on any atom is 0.270 e. The van der Waals surface area contributed by atoms with Crippen LogP contribution in [0.4, 0.5) is 5.69 Å². The first kappa shape index (κ1) is 23.6. The number of methoxy groups -OCH3 is 1. The Hall–Kier alpha value is -2.51. The Labute approximate surface area is 212 Å². The third-order valence-electron chi connectivity index (χ3n) is 5.05. The van der Waals surface area contributed by atoms with Crippen molar-refractivity contribution in [2.45, 2.75) is 13.5 Å². The van der Waals surface area contributed by atoms with Gasteiger partial charge in [0.15, 0.2) is 15.8 Å². The molecule has 33 heavy (non-hydrogen) atoms. The van der Waals surface area contributed by atoms with Gasteiger partial charge in [0.25, 0.3) is 5.91 Å². The van der Waals surface area contributed by atoms with E-state index in [1.807, 2.05) is 49.4 Å². The molecule has 1 aliphatic heterocycles. The third kappa shape index (κ3) is 5.04. The Balaban J connectivity index is 1.66. The summed E-state index contributed by atoms with van der Waals surface area (Å²) in [7, 11) is 1.57. The van der Waals surface area contributed by atoms with E-state index in [-0.39, 0.29) is 12.5 Å². The van der Waals surface area contributed by atoms with E-state index in [1.54, 1.807) is 36.3 Å². The number of ether oxygens (including phenoxy) is 2. The van der Waals surface area contributed by atoms with Gasteiger partial charge in [-0.1, -0.05) is 83.6 Å². The van der Waals surface area contributed by atoms with Crippen molar-refractivity contribution in [2.75, 3.05) is 12.0 Å². The summed E-state index contributed by atoms with van der Waals surface area (Å²) >= 11 is 19.1. The molecule has 4 nitrogen and oxygen atoms in total. The monoisotopic (exact) mass is 515 g/mol. The topological polar surface area (TPSA) is 38.8 Å². The molecule has 1 aliphatic rings. The van der Waals surface area contributed by atoms with Crippen molar-refractivity contribution in [1.29, 1.82) is 0 Å². The molecule has 0 aliphatic carbocycles. The van der Waals surface area contributed by atoms with Crippen LogP contribution in [0.25, 0.3) is 6.08 Å². The van der Waals surface area contributed by atoms with Gasteiger partial charge in [0.2, 0.25) is 0 Å². The molecular weight excluding hydrogens is 497 g/mol. The second-order valence-electron chi connectivity index (χ2n) is 7.21. The number of carbonyl (C=O) groups excluding carboxylic acids is 1. The van der Waals surface area contributed by atoms with Gasteiger partial charge in [-0.3, -0.25) is 9.69 Å². The lowest BCUT2D eigenvalue weighted by molar-refractivity contribution is -0.113. The molecule has 1 heterocycles. The quantitative estimate of drug-likeness (QED) is 0.254. The predicted molar refractivity (Wildman–Crippen MR) is 141 cm³/mol. The van der Waals surface area contributed by atoms with Crippen LogP contribution in [0.1, 0.15) is 16.7 Å². The van der Waals surface area contributed by atoms with E-state index < -0.39 is 0 Å². The molecular formula is C25H19Cl2NO3S2. The third-order valence-corrected chi connectivity index (χ3v) is 6.94. The molecule has 1 amide bonds. The Morgan fingerprint density at radius 1 is 1.09 bits per heavy atom. The first-order chi connectivity index (χ1) is 15.9. The van der Waals surface area contributed by atoms with E-state index in [9.17, 15) is 4.79 Å². The first-order valence-electron chi connectivity index (χ1n) is 9.96. The number of benzene rings is 3. The van der Waals surface area contributed by atoms with Crippen LogP contribution in [-0.4, -0.2) is 17.3 Å². The summed E-state index contributed by atoms with van der Waals surface area (Å²) in [6.07, 6.45) is 1.78. The summed E-state index contributed by atoms with van der Waals surface area (Å²) in [5, 5.41) is 1.07. The summed E-state index contributed by atoms with van der Waals surface area (Å²) in [5.41, 5.74) is 3.23. The number of thiocarbonyl (C=S) groups is 1. The van der Waals surface area contributed by atoms with E-state index in [0.717, 1.165) is 16.8 Å². The summed E-state index contributed by atoms with van der Waals surface area (Å²) in [6.45, 7) is 2.16. The Morgan fingerprint density at radius 3 is 2.61 bits per heavy atom. The Kier molecular flexibility index (Phi) is 7.29. The second-order valence-corrected chi connectivity index (χ2v) is 9.73. The SMILES string of the molecule is COc1cccc(/C=C2/SC(=S)N(c3ccccc3C)C2=O)c1OCc1ccc(Cl)cc1Cl. The van der Waals surface area contributed by atoms with Crippen LogP contribution in [0.3, 0.4) is 0 Å². The summed E-state index contributed by atoms with van der Waals surface area (Å²) in [5.74, 6) is 0.879.